The summed E-state index contributed by atoms with van der Waals surface area (Å²) in [6.07, 6.45) is 0.889. The van der Waals surface area contributed by atoms with Crippen molar-refractivity contribution in [3.8, 4) is 0 Å². The number of carbonyl (C=O) groups excluding carboxylic acids is 1. The minimum absolute atomic E-state index is 0.0876. The maximum Gasteiger partial charge on any atom is 0.311 e. The smallest absolute Gasteiger partial charge is 0.311 e. The molecular formula is C13H16ClNO2S. The van der Waals surface area contributed by atoms with Gasteiger partial charge in [0, 0.05) is 21.4 Å². The van der Waals surface area contributed by atoms with Crippen molar-refractivity contribution in [2.75, 3.05) is 12.4 Å². The summed E-state index contributed by atoms with van der Waals surface area (Å²) in [4.78, 5) is 12.3. The number of thioether (sulfide) groups is 1. The Morgan fingerprint density at radius 3 is 2.67 bits per heavy atom. The van der Waals surface area contributed by atoms with Gasteiger partial charge in [-0.25, -0.2) is 0 Å². The maximum absolute atomic E-state index is 11.1. The second-order valence-corrected chi connectivity index (χ2v) is 5.44. The van der Waals surface area contributed by atoms with E-state index in [2.05, 4.69) is 0 Å². The monoisotopic (exact) mass is 285 g/mol. The zero-order valence-electron chi connectivity index (χ0n) is 10.2. The van der Waals surface area contributed by atoms with Crippen LogP contribution in [0.15, 0.2) is 29.2 Å². The minimum atomic E-state index is -0.320. The van der Waals surface area contributed by atoms with E-state index in [1.807, 2.05) is 24.3 Å². The Kier molecular flexibility index (Phi) is 6.83. The van der Waals surface area contributed by atoms with Gasteiger partial charge in [-0.15, -0.1) is 11.8 Å². The second kappa shape index (κ2) is 8.16. The Hall–Kier alpha value is -1.00. The lowest BCUT2D eigenvalue weighted by Gasteiger charge is -2.04. The summed E-state index contributed by atoms with van der Waals surface area (Å²) in [7, 11) is 0. The molecule has 0 bridgehead atoms. The average molecular weight is 286 g/mol. The standard InChI is InChI=1S/C13H16ClNO2S/c1-10(15)9-13(16)17-7-2-8-18-12-5-3-11(14)4-6-12/h3-6,15H,2,7-9H2,1H3. The van der Waals surface area contributed by atoms with Gasteiger partial charge in [0.15, 0.2) is 0 Å². The molecule has 3 nitrogen and oxygen atoms in total. The predicted molar refractivity (Wildman–Crippen MR) is 75.8 cm³/mol. The summed E-state index contributed by atoms with van der Waals surface area (Å²) < 4.78 is 5.00. The van der Waals surface area contributed by atoms with Crippen molar-refractivity contribution < 1.29 is 9.53 Å². The van der Waals surface area contributed by atoms with E-state index in [0.29, 0.717) is 12.3 Å². The van der Waals surface area contributed by atoms with Crippen molar-refractivity contribution >= 4 is 35.0 Å². The molecule has 0 atom stereocenters. The topological polar surface area (TPSA) is 50.2 Å². The quantitative estimate of drug-likeness (QED) is 0.359. The number of ether oxygens (including phenoxy) is 1. The lowest BCUT2D eigenvalue weighted by molar-refractivity contribution is -0.142. The summed E-state index contributed by atoms with van der Waals surface area (Å²) in [5.41, 5.74) is 0.329. The largest absolute Gasteiger partial charge is 0.465 e. The molecule has 0 aliphatic carbocycles. The molecule has 0 aromatic heterocycles. The van der Waals surface area contributed by atoms with Gasteiger partial charge in [-0.1, -0.05) is 11.6 Å². The Morgan fingerprint density at radius 1 is 1.39 bits per heavy atom. The lowest BCUT2D eigenvalue weighted by atomic mass is 10.3. The highest BCUT2D eigenvalue weighted by Crippen LogP contribution is 2.20. The molecule has 1 aromatic carbocycles. The van der Waals surface area contributed by atoms with E-state index < -0.39 is 0 Å². The van der Waals surface area contributed by atoms with Crippen LogP contribution in [-0.2, 0) is 9.53 Å². The molecule has 0 spiro atoms. The fourth-order valence-corrected chi connectivity index (χ4v) is 2.19. The number of halogens is 1. The van der Waals surface area contributed by atoms with Crippen LogP contribution in [0.2, 0.25) is 5.02 Å². The van der Waals surface area contributed by atoms with Crippen LogP contribution in [0.25, 0.3) is 0 Å². The molecule has 1 aromatic rings. The average Bonchev–Trinajstić information content (AvgIpc) is 2.30. The minimum Gasteiger partial charge on any atom is -0.465 e. The third kappa shape index (κ3) is 6.67. The maximum atomic E-state index is 11.1. The van der Waals surface area contributed by atoms with E-state index in [1.165, 1.54) is 0 Å². The Morgan fingerprint density at radius 2 is 2.06 bits per heavy atom. The molecule has 5 heteroatoms. The summed E-state index contributed by atoms with van der Waals surface area (Å²) in [5.74, 6) is 0.567. The third-order valence-electron chi connectivity index (χ3n) is 2.04. The second-order valence-electron chi connectivity index (χ2n) is 3.83. The van der Waals surface area contributed by atoms with Crippen LogP contribution in [0.1, 0.15) is 19.8 Å². The zero-order chi connectivity index (χ0) is 13.4. The van der Waals surface area contributed by atoms with Gasteiger partial charge in [-0.3, -0.25) is 4.79 Å². The highest BCUT2D eigenvalue weighted by Gasteiger charge is 2.03. The van der Waals surface area contributed by atoms with Gasteiger partial charge in [-0.05, 0) is 37.6 Å². The number of carbonyl (C=O) groups is 1. The van der Waals surface area contributed by atoms with Crippen LogP contribution < -0.4 is 0 Å². The molecule has 0 amide bonds. The molecule has 0 radical (unpaired) electrons. The normalized spacial score (nSPS) is 10.1. The number of hydrogen-bond donors (Lipinski definition) is 1. The van der Waals surface area contributed by atoms with E-state index in [0.717, 1.165) is 22.1 Å². The van der Waals surface area contributed by atoms with E-state index in [9.17, 15) is 4.79 Å². The Balaban J connectivity index is 2.10. The fraction of sp³-hybridized carbons (Fsp3) is 0.385. The summed E-state index contributed by atoms with van der Waals surface area (Å²) in [6, 6.07) is 7.66. The van der Waals surface area contributed by atoms with Crippen molar-refractivity contribution in [1.82, 2.24) is 0 Å². The lowest BCUT2D eigenvalue weighted by Crippen LogP contribution is -2.09. The molecule has 98 valence electrons. The van der Waals surface area contributed by atoms with Crippen molar-refractivity contribution in [2.24, 2.45) is 0 Å². The van der Waals surface area contributed by atoms with Crippen molar-refractivity contribution in [3.05, 3.63) is 29.3 Å². The first-order valence-corrected chi connectivity index (χ1v) is 7.02. The molecule has 1 N–H and O–H groups in total. The third-order valence-corrected chi connectivity index (χ3v) is 3.39. The molecular weight excluding hydrogens is 270 g/mol. The first-order chi connectivity index (χ1) is 8.58. The summed E-state index contributed by atoms with van der Waals surface area (Å²) in [5, 5.41) is 7.89. The number of nitrogens with one attached hydrogen (secondary N) is 1. The molecule has 18 heavy (non-hydrogen) atoms. The van der Waals surface area contributed by atoms with Gasteiger partial charge in [0.25, 0.3) is 0 Å². The van der Waals surface area contributed by atoms with E-state index in [4.69, 9.17) is 21.7 Å². The van der Waals surface area contributed by atoms with Crippen molar-refractivity contribution in [1.29, 1.82) is 5.41 Å². The van der Waals surface area contributed by atoms with E-state index >= 15 is 0 Å². The molecule has 0 aliphatic heterocycles. The summed E-state index contributed by atoms with van der Waals surface area (Å²) in [6.45, 7) is 2.00. The van der Waals surface area contributed by atoms with Crippen LogP contribution in [0, 0.1) is 5.41 Å². The summed E-state index contributed by atoms with van der Waals surface area (Å²) >= 11 is 7.49. The number of benzene rings is 1. The molecule has 0 unspecified atom stereocenters. The van der Waals surface area contributed by atoms with E-state index in [-0.39, 0.29) is 12.4 Å². The first-order valence-electron chi connectivity index (χ1n) is 5.66. The van der Waals surface area contributed by atoms with Crippen LogP contribution in [0.5, 0.6) is 0 Å². The molecule has 1 rings (SSSR count). The first kappa shape index (κ1) is 15.1. The van der Waals surface area contributed by atoms with Gasteiger partial charge in [0.05, 0.1) is 13.0 Å². The molecule has 0 saturated carbocycles. The highest BCUT2D eigenvalue weighted by molar-refractivity contribution is 7.99. The van der Waals surface area contributed by atoms with Crippen LogP contribution >= 0.6 is 23.4 Å². The zero-order valence-corrected chi connectivity index (χ0v) is 11.8. The molecule has 0 aliphatic rings. The van der Waals surface area contributed by atoms with Crippen LogP contribution in [-0.4, -0.2) is 24.0 Å². The van der Waals surface area contributed by atoms with Gasteiger partial charge in [-0.2, -0.15) is 0 Å². The van der Waals surface area contributed by atoms with Crippen LogP contribution in [0.3, 0.4) is 0 Å². The number of rotatable bonds is 7. The number of esters is 1. The molecule has 0 heterocycles. The fourth-order valence-electron chi connectivity index (χ4n) is 1.23. The van der Waals surface area contributed by atoms with Crippen molar-refractivity contribution in [3.63, 3.8) is 0 Å². The van der Waals surface area contributed by atoms with Gasteiger partial charge in [0.1, 0.15) is 0 Å². The van der Waals surface area contributed by atoms with Gasteiger partial charge < -0.3 is 10.1 Å². The Bertz CT molecular complexity index is 406. The highest BCUT2D eigenvalue weighted by atomic mass is 35.5. The SMILES string of the molecule is CC(=N)CC(=O)OCCCSc1ccc(Cl)cc1. The van der Waals surface area contributed by atoms with Gasteiger partial charge >= 0.3 is 5.97 Å². The van der Waals surface area contributed by atoms with E-state index in [1.54, 1.807) is 18.7 Å². The van der Waals surface area contributed by atoms with Crippen molar-refractivity contribution in [2.45, 2.75) is 24.7 Å². The number of hydrogen-bond acceptors (Lipinski definition) is 4. The predicted octanol–water partition coefficient (Wildman–Crippen LogP) is 3.80. The van der Waals surface area contributed by atoms with Gasteiger partial charge in [0.2, 0.25) is 0 Å². The molecule has 0 saturated heterocycles. The Labute approximate surface area is 116 Å². The van der Waals surface area contributed by atoms with Crippen LogP contribution in [0.4, 0.5) is 0 Å². The molecule has 0 fully saturated rings.